The summed E-state index contributed by atoms with van der Waals surface area (Å²) in [4.78, 5) is 41.5. The Bertz CT molecular complexity index is 1120. The van der Waals surface area contributed by atoms with E-state index in [-0.39, 0.29) is 35.6 Å². The number of carbonyl (C=O) groups is 3. The van der Waals surface area contributed by atoms with Crippen molar-refractivity contribution in [3.05, 3.63) is 34.6 Å². The van der Waals surface area contributed by atoms with Gasteiger partial charge in [-0.15, -0.1) is 33.1 Å². The van der Waals surface area contributed by atoms with Gasteiger partial charge in [0.2, 0.25) is 11.9 Å². The van der Waals surface area contributed by atoms with Crippen LogP contribution in [0.2, 0.25) is 0 Å². The number of hydrogen-bond donors (Lipinski definition) is 1. The number of hydrogen-bond acceptors (Lipinski definition) is 7. The van der Waals surface area contributed by atoms with E-state index < -0.39 is 35.3 Å². The largest absolute Gasteiger partial charge is 0.366 e. The number of aromatic nitrogens is 2. The predicted octanol–water partition coefficient (Wildman–Crippen LogP) is 2.89. The number of Topliss-reactive ketones (excluding diaryl/α,β-unsaturated/α-hetero) is 1. The second kappa shape index (κ2) is 9.31. The summed E-state index contributed by atoms with van der Waals surface area (Å²) in [7, 11) is 0. The third-order valence-corrected chi connectivity index (χ3v) is 8.57. The highest BCUT2D eigenvalue weighted by atomic mass is 35.5. The number of rotatable bonds is 5. The molecule has 2 aromatic heterocycles. The topological polar surface area (TPSA) is 115 Å². The third kappa shape index (κ3) is 4.12. The second-order valence-electron chi connectivity index (χ2n) is 9.07. The summed E-state index contributed by atoms with van der Waals surface area (Å²) < 4.78 is 18.8. The number of primary amides is 1. The molecular formula is C23H24ClFN4O4S. The van der Waals surface area contributed by atoms with Crippen LogP contribution in [0.4, 0.5) is 4.39 Å². The summed E-state index contributed by atoms with van der Waals surface area (Å²) in [5.74, 6) is -2.42. The summed E-state index contributed by atoms with van der Waals surface area (Å²) >= 11 is 7.55. The fourth-order valence-corrected chi connectivity index (χ4v) is 6.84. The van der Waals surface area contributed by atoms with Crippen LogP contribution >= 0.6 is 22.9 Å². The Morgan fingerprint density at radius 2 is 2.00 bits per heavy atom. The van der Waals surface area contributed by atoms with E-state index in [0.717, 1.165) is 43.4 Å². The van der Waals surface area contributed by atoms with E-state index in [1.54, 1.807) is 6.07 Å². The summed E-state index contributed by atoms with van der Waals surface area (Å²) in [6.07, 6.45) is 4.18. The van der Waals surface area contributed by atoms with Gasteiger partial charge < -0.3 is 15.4 Å². The molecule has 1 saturated carbocycles. The van der Waals surface area contributed by atoms with Gasteiger partial charge in [-0.2, -0.15) is 4.39 Å². The van der Waals surface area contributed by atoms with Crippen LogP contribution in [0.5, 0.6) is 0 Å². The Kier molecular flexibility index (Phi) is 6.39. The molecule has 34 heavy (non-hydrogen) atoms. The molecule has 0 aromatic carbocycles. The lowest BCUT2D eigenvalue weighted by molar-refractivity contribution is -0.139. The zero-order chi connectivity index (χ0) is 24.0. The number of nitrogens with two attached hydrogens (primary N) is 1. The van der Waals surface area contributed by atoms with Gasteiger partial charge in [-0.3, -0.25) is 14.4 Å². The van der Waals surface area contributed by atoms with Gasteiger partial charge in [0.25, 0.3) is 5.91 Å². The first-order valence-electron chi connectivity index (χ1n) is 11.4. The fourth-order valence-electron chi connectivity index (χ4n) is 5.46. The van der Waals surface area contributed by atoms with Crippen LogP contribution < -0.4 is 5.73 Å². The zero-order valence-corrected chi connectivity index (χ0v) is 19.9. The first-order valence-corrected chi connectivity index (χ1v) is 12.6. The molecule has 4 atom stereocenters. The molecule has 2 aliphatic heterocycles. The van der Waals surface area contributed by atoms with Crippen LogP contribution in [0.25, 0.3) is 10.6 Å². The minimum absolute atomic E-state index is 0.00801. The smallest absolute Gasteiger partial charge is 0.259 e. The minimum atomic E-state index is -0.714. The van der Waals surface area contributed by atoms with Crippen LogP contribution in [-0.2, 0) is 14.3 Å². The zero-order valence-electron chi connectivity index (χ0n) is 18.3. The number of ether oxygens (including phenoxy) is 1. The number of halogens is 2. The van der Waals surface area contributed by atoms with Crippen molar-refractivity contribution in [2.24, 2.45) is 11.7 Å². The summed E-state index contributed by atoms with van der Waals surface area (Å²) in [6.45, 7) is 0.145. The summed E-state index contributed by atoms with van der Waals surface area (Å²) in [5.41, 5.74) is 6.65. The van der Waals surface area contributed by atoms with Crippen molar-refractivity contribution in [2.75, 3.05) is 13.2 Å². The number of thiophene rings is 1. The van der Waals surface area contributed by atoms with E-state index in [9.17, 15) is 18.8 Å². The van der Waals surface area contributed by atoms with E-state index in [1.165, 1.54) is 17.0 Å². The van der Waals surface area contributed by atoms with Gasteiger partial charge in [0.05, 0.1) is 21.0 Å². The Labute approximate surface area is 204 Å². The van der Waals surface area contributed by atoms with Crippen LogP contribution in [0.15, 0.2) is 18.2 Å². The minimum Gasteiger partial charge on any atom is -0.366 e. The van der Waals surface area contributed by atoms with Gasteiger partial charge >= 0.3 is 0 Å². The number of likely N-dealkylation sites (tertiary alicyclic amines) is 1. The Balaban J connectivity index is 1.57. The molecule has 3 aliphatic rings. The van der Waals surface area contributed by atoms with Crippen LogP contribution in [-0.4, -0.2) is 63.4 Å². The highest BCUT2D eigenvalue weighted by Gasteiger charge is 2.53. The second-order valence-corrected chi connectivity index (χ2v) is 10.7. The molecule has 8 nitrogen and oxygen atoms in total. The number of alkyl halides is 1. The maximum Gasteiger partial charge on any atom is 0.259 e. The molecule has 2 aromatic rings. The number of carbonyl (C=O) groups excluding carboxylic acids is 3. The van der Waals surface area contributed by atoms with Gasteiger partial charge in [0.15, 0.2) is 5.78 Å². The van der Waals surface area contributed by atoms with Crippen molar-refractivity contribution in [3.8, 4) is 10.6 Å². The van der Waals surface area contributed by atoms with E-state index >= 15 is 0 Å². The van der Waals surface area contributed by atoms with E-state index in [4.69, 9.17) is 22.1 Å². The van der Waals surface area contributed by atoms with Gasteiger partial charge in [-0.1, -0.05) is 19.3 Å². The lowest BCUT2D eigenvalue weighted by Crippen LogP contribution is -2.46. The average Bonchev–Trinajstić information content (AvgIpc) is 3.52. The molecule has 180 valence electrons. The lowest BCUT2D eigenvalue weighted by atomic mass is 9.76. The monoisotopic (exact) mass is 506 g/mol. The quantitative estimate of drug-likeness (QED) is 0.623. The van der Waals surface area contributed by atoms with Crippen molar-refractivity contribution >= 4 is 40.5 Å². The molecule has 2 saturated heterocycles. The number of ketones is 1. The highest BCUT2D eigenvalue weighted by molar-refractivity contribution is 7.17. The van der Waals surface area contributed by atoms with E-state index in [0.29, 0.717) is 16.1 Å². The van der Waals surface area contributed by atoms with E-state index in [1.807, 2.05) is 0 Å². The Morgan fingerprint density at radius 1 is 1.24 bits per heavy atom. The van der Waals surface area contributed by atoms with Crippen LogP contribution in [0, 0.1) is 11.9 Å². The third-order valence-electron chi connectivity index (χ3n) is 7.00. The Morgan fingerprint density at radius 3 is 2.68 bits per heavy atom. The normalized spacial score (nSPS) is 26.0. The predicted molar refractivity (Wildman–Crippen MR) is 123 cm³/mol. The first kappa shape index (κ1) is 23.3. The van der Waals surface area contributed by atoms with Gasteiger partial charge in [0.1, 0.15) is 24.4 Å². The van der Waals surface area contributed by atoms with Crippen LogP contribution in [0.1, 0.15) is 53.3 Å². The van der Waals surface area contributed by atoms with Crippen molar-refractivity contribution < 1.29 is 23.5 Å². The van der Waals surface area contributed by atoms with E-state index in [2.05, 4.69) is 10.2 Å². The molecule has 0 spiro atoms. The highest BCUT2D eigenvalue weighted by Crippen LogP contribution is 2.44. The van der Waals surface area contributed by atoms with Crippen molar-refractivity contribution in [1.82, 2.24) is 15.1 Å². The molecule has 5 rings (SSSR count). The Hall–Kier alpha value is -2.43. The van der Waals surface area contributed by atoms with Crippen molar-refractivity contribution in [3.63, 3.8) is 0 Å². The molecule has 1 aliphatic carbocycles. The summed E-state index contributed by atoms with van der Waals surface area (Å²) in [6, 6.07) is 3.69. The number of fused-ring (bicyclic) bond motifs is 1. The average molecular weight is 507 g/mol. The molecule has 11 heteroatoms. The molecule has 4 heterocycles. The molecule has 2 amide bonds. The van der Waals surface area contributed by atoms with Crippen LogP contribution in [0.3, 0.4) is 0 Å². The SMILES string of the molecule is NC(=O)c1sc(-c2ccc(F)nn2)cc1[C@@H](C(=O)N1C[C@H](Cl)[C@H]2OCC(=O)[C@H]21)C1CCCCC1. The number of amides is 2. The molecule has 2 N–H and O–H groups in total. The molecule has 0 bridgehead atoms. The lowest BCUT2D eigenvalue weighted by Gasteiger charge is -2.34. The van der Waals surface area contributed by atoms with Gasteiger partial charge in [0, 0.05) is 6.54 Å². The first-order chi connectivity index (χ1) is 16.3. The maximum atomic E-state index is 14.1. The van der Waals surface area contributed by atoms with Gasteiger partial charge in [-0.25, -0.2) is 0 Å². The number of nitrogens with zero attached hydrogens (tertiary/aromatic N) is 3. The molecular weight excluding hydrogens is 483 g/mol. The maximum absolute atomic E-state index is 14.1. The molecule has 3 fully saturated rings. The van der Waals surface area contributed by atoms with Gasteiger partial charge in [-0.05, 0) is 42.5 Å². The summed E-state index contributed by atoms with van der Waals surface area (Å²) in [5, 5.41) is 6.86. The fraction of sp³-hybridized carbons (Fsp3) is 0.522. The molecule has 0 radical (unpaired) electrons. The van der Waals surface area contributed by atoms with Crippen molar-refractivity contribution in [1.29, 1.82) is 0 Å². The van der Waals surface area contributed by atoms with Crippen molar-refractivity contribution in [2.45, 2.75) is 55.5 Å². The standard InChI is InChI=1S/C23H24ClFN4O4S/c24-13-9-29(19-15(30)10-33-20(13)19)23(32)18(11-4-2-1-3-5-11)12-8-16(34-21(12)22(26)31)14-6-7-17(25)28-27-14/h6-8,11,13,18-20H,1-5,9-10H2,(H2,26,31)/t13-,18-,19+,20+/m0/s1. The molecule has 0 unspecified atom stereocenters.